The minimum absolute atomic E-state index is 0.101. The summed E-state index contributed by atoms with van der Waals surface area (Å²) < 4.78 is 43.0. The van der Waals surface area contributed by atoms with Crippen LogP contribution in [0.15, 0.2) is 95.7 Å². The summed E-state index contributed by atoms with van der Waals surface area (Å²) in [6, 6.07) is 20.1. The van der Waals surface area contributed by atoms with Gasteiger partial charge in [0.15, 0.2) is 5.78 Å². The highest BCUT2D eigenvalue weighted by Crippen LogP contribution is 2.44. The van der Waals surface area contributed by atoms with Gasteiger partial charge in [-0.25, -0.2) is 13.2 Å². The lowest BCUT2D eigenvalue weighted by atomic mass is 9.87. The van der Waals surface area contributed by atoms with E-state index < -0.39 is 33.9 Å². The quantitative estimate of drug-likeness (QED) is 0.283. The number of carbonyl (C=O) groups is 2. The fraction of sp³-hybridized carbons (Fsp3) is 0.250. The Morgan fingerprint density at radius 3 is 2.39 bits per heavy atom. The van der Waals surface area contributed by atoms with Crippen LogP contribution >= 0.6 is 0 Å². The van der Waals surface area contributed by atoms with Crippen molar-refractivity contribution >= 4 is 32.8 Å². The third-order valence-electron chi connectivity index (χ3n) is 7.31. The van der Waals surface area contributed by atoms with E-state index >= 15 is 0 Å². The Hall–Kier alpha value is -4.37. The smallest absolute Gasteiger partial charge is 0.419 e. The first kappa shape index (κ1) is 26.8. The van der Waals surface area contributed by atoms with E-state index in [1.165, 1.54) is 15.1 Å². The van der Waals surface area contributed by atoms with Gasteiger partial charge >= 0.3 is 6.09 Å². The minimum Gasteiger partial charge on any atom is -0.485 e. The fourth-order valence-corrected chi connectivity index (χ4v) is 6.90. The molecule has 0 N–H and O–H groups in total. The molecule has 4 aromatic rings. The van der Waals surface area contributed by atoms with Crippen molar-refractivity contribution in [1.82, 2.24) is 8.87 Å². The number of benzene rings is 3. The Morgan fingerprint density at radius 2 is 1.66 bits per heavy atom. The molecule has 210 valence electrons. The van der Waals surface area contributed by atoms with Gasteiger partial charge in [-0.1, -0.05) is 48.0 Å². The van der Waals surface area contributed by atoms with Gasteiger partial charge < -0.3 is 9.47 Å². The van der Waals surface area contributed by atoms with Gasteiger partial charge in [0, 0.05) is 29.8 Å². The van der Waals surface area contributed by atoms with E-state index in [2.05, 4.69) is 0 Å². The number of nitrogens with zero attached hydrogens (tertiary/aromatic N) is 2. The van der Waals surface area contributed by atoms with Crippen molar-refractivity contribution in [2.45, 2.75) is 56.8 Å². The van der Waals surface area contributed by atoms with Gasteiger partial charge in [-0.3, -0.25) is 13.7 Å². The number of aromatic nitrogens is 1. The summed E-state index contributed by atoms with van der Waals surface area (Å²) in [4.78, 5) is 26.9. The summed E-state index contributed by atoms with van der Waals surface area (Å²) in [6.45, 7) is 7.25. The summed E-state index contributed by atoms with van der Waals surface area (Å²) in [7, 11) is -4.11. The van der Waals surface area contributed by atoms with Gasteiger partial charge in [0.05, 0.1) is 27.6 Å². The number of rotatable bonds is 3. The second-order valence-corrected chi connectivity index (χ2v) is 13.2. The van der Waals surface area contributed by atoms with Crippen LogP contribution in [-0.2, 0) is 14.8 Å². The van der Waals surface area contributed by atoms with Crippen molar-refractivity contribution in [3.8, 4) is 5.75 Å². The van der Waals surface area contributed by atoms with Gasteiger partial charge in [-0.2, -0.15) is 0 Å². The van der Waals surface area contributed by atoms with E-state index in [0.29, 0.717) is 27.8 Å². The third kappa shape index (κ3) is 4.70. The van der Waals surface area contributed by atoms with E-state index in [9.17, 15) is 18.0 Å². The fourth-order valence-electron chi connectivity index (χ4n) is 5.39. The van der Waals surface area contributed by atoms with E-state index in [-0.39, 0.29) is 22.7 Å². The molecule has 0 saturated heterocycles. The number of sulfonamides is 1. The van der Waals surface area contributed by atoms with E-state index in [4.69, 9.17) is 9.47 Å². The highest BCUT2D eigenvalue weighted by atomic mass is 32.2. The molecule has 3 aromatic carbocycles. The molecule has 0 unspecified atom stereocenters. The first-order valence-electron chi connectivity index (χ1n) is 13.4. The van der Waals surface area contributed by atoms with E-state index in [0.717, 1.165) is 5.56 Å². The maximum absolute atomic E-state index is 14.2. The number of para-hydroxylation sites is 2. The van der Waals surface area contributed by atoms with Crippen LogP contribution in [0.3, 0.4) is 0 Å². The number of fused-ring (bicyclic) bond motifs is 3. The first-order chi connectivity index (χ1) is 19.4. The third-order valence-corrected chi connectivity index (χ3v) is 9.09. The summed E-state index contributed by atoms with van der Waals surface area (Å²) in [6.07, 6.45) is 1.97. The zero-order valence-corrected chi connectivity index (χ0v) is 24.0. The van der Waals surface area contributed by atoms with Crippen molar-refractivity contribution in [3.63, 3.8) is 0 Å². The van der Waals surface area contributed by atoms with Crippen LogP contribution < -0.4 is 4.74 Å². The Bertz CT molecular complexity index is 1830. The van der Waals surface area contributed by atoms with E-state index in [1.807, 2.05) is 25.1 Å². The number of Topliss-reactive ketones (excluding diaryl/α,β-unsaturated/α-hetero) is 1. The molecular weight excluding hydrogens is 540 g/mol. The van der Waals surface area contributed by atoms with Crippen LogP contribution in [0.5, 0.6) is 5.75 Å². The Kier molecular flexibility index (Phi) is 6.30. The Balaban J connectivity index is 1.54. The zero-order chi connectivity index (χ0) is 29.1. The van der Waals surface area contributed by atoms with Crippen LogP contribution in [0.4, 0.5) is 4.79 Å². The molecule has 8 nitrogen and oxygen atoms in total. The number of carbonyl (C=O) groups excluding carboxylic acids is 2. The average molecular weight is 571 g/mol. The molecule has 0 bridgehead atoms. The van der Waals surface area contributed by atoms with Gasteiger partial charge in [-0.05, 0) is 58.0 Å². The van der Waals surface area contributed by atoms with Crippen molar-refractivity contribution in [2.75, 3.05) is 0 Å². The zero-order valence-electron chi connectivity index (χ0n) is 23.2. The highest BCUT2D eigenvalue weighted by molar-refractivity contribution is 7.89. The predicted molar refractivity (Wildman–Crippen MR) is 154 cm³/mol. The first-order valence-corrected chi connectivity index (χ1v) is 14.8. The maximum atomic E-state index is 14.2. The van der Waals surface area contributed by atoms with Crippen molar-refractivity contribution in [2.24, 2.45) is 0 Å². The maximum Gasteiger partial charge on any atom is 0.419 e. The van der Waals surface area contributed by atoms with Crippen molar-refractivity contribution in [1.29, 1.82) is 0 Å². The topological polar surface area (TPSA) is 94.9 Å². The minimum atomic E-state index is -4.11. The molecule has 2 atom stereocenters. The Morgan fingerprint density at radius 1 is 0.976 bits per heavy atom. The molecule has 6 rings (SSSR count). The molecular formula is C32H30N2O6S. The molecule has 2 aliphatic heterocycles. The Labute approximate surface area is 238 Å². The summed E-state index contributed by atoms with van der Waals surface area (Å²) in [5.41, 5.74) is 2.05. The molecule has 0 radical (unpaired) electrons. The van der Waals surface area contributed by atoms with Crippen LogP contribution in [0.25, 0.3) is 10.9 Å². The van der Waals surface area contributed by atoms with Gasteiger partial charge in [0.1, 0.15) is 17.5 Å². The monoisotopic (exact) mass is 570 g/mol. The molecule has 41 heavy (non-hydrogen) atoms. The molecule has 3 heterocycles. The molecule has 0 amide bonds. The molecule has 0 fully saturated rings. The average Bonchev–Trinajstić information content (AvgIpc) is 3.32. The van der Waals surface area contributed by atoms with Crippen LogP contribution in [0, 0.1) is 6.92 Å². The number of hydrogen-bond acceptors (Lipinski definition) is 6. The summed E-state index contributed by atoms with van der Waals surface area (Å²) >= 11 is 0. The standard InChI is InChI=1S/C32H30N2O6S/c1-20-13-15-21(16-14-20)41(37,38)34-19-25-29(39-28-12-8-6-10-23(28)30(25)35)17-27(34)24-18-33(31(36)40-32(2,3)4)26-11-7-5-9-22(24)26/h5-16,18-19,27,29H,17H2,1-4H3/t27-,29+/m1/s1. The summed E-state index contributed by atoms with van der Waals surface area (Å²) in [5.74, 6) is 0.194. The van der Waals surface area contributed by atoms with Crippen molar-refractivity contribution in [3.05, 3.63) is 107 Å². The lowest BCUT2D eigenvalue weighted by Crippen LogP contribution is -2.43. The number of hydrogen-bond donors (Lipinski definition) is 0. The summed E-state index contributed by atoms with van der Waals surface area (Å²) in [5, 5.41) is 0.701. The molecule has 0 aliphatic carbocycles. The lowest BCUT2D eigenvalue weighted by molar-refractivity contribution is 0.0544. The molecule has 0 saturated carbocycles. The number of ether oxygens (including phenoxy) is 2. The lowest BCUT2D eigenvalue weighted by Gasteiger charge is -2.40. The molecule has 1 aromatic heterocycles. The van der Waals surface area contributed by atoms with Gasteiger partial charge in [-0.15, -0.1) is 0 Å². The highest BCUT2D eigenvalue weighted by Gasteiger charge is 2.44. The predicted octanol–water partition coefficient (Wildman–Crippen LogP) is 6.40. The second kappa shape index (κ2) is 9.62. The van der Waals surface area contributed by atoms with Gasteiger partial charge in [0.25, 0.3) is 10.0 Å². The van der Waals surface area contributed by atoms with Crippen LogP contribution in [0.2, 0.25) is 0 Å². The van der Waals surface area contributed by atoms with Gasteiger partial charge in [0.2, 0.25) is 0 Å². The van der Waals surface area contributed by atoms with Crippen LogP contribution in [-0.4, -0.2) is 40.9 Å². The molecule has 9 heteroatoms. The number of aryl methyl sites for hydroxylation is 1. The van der Waals surface area contributed by atoms with Crippen molar-refractivity contribution < 1.29 is 27.5 Å². The normalized spacial score (nSPS) is 18.8. The SMILES string of the molecule is Cc1ccc(S(=O)(=O)N2C=C3C(=O)c4ccccc4O[C@H]3C[C@@H]2c2cn(C(=O)OC(C)(C)C)c3ccccc23)cc1. The molecule has 0 spiro atoms. The van der Waals surface area contributed by atoms with Crippen LogP contribution in [0.1, 0.15) is 54.7 Å². The largest absolute Gasteiger partial charge is 0.485 e. The number of ketones is 1. The van der Waals surface area contributed by atoms with E-state index in [1.54, 1.807) is 81.6 Å². The molecule has 2 aliphatic rings. The second-order valence-electron chi connectivity index (χ2n) is 11.4.